The van der Waals surface area contributed by atoms with E-state index in [0.29, 0.717) is 19.0 Å². The van der Waals surface area contributed by atoms with Crippen molar-refractivity contribution in [1.82, 2.24) is 10.6 Å². The van der Waals surface area contributed by atoms with Gasteiger partial charge in [-0.05, 0) is 36.1 Å². The number of methoxy groups -OCH3 is 1. The van der Waals surface area contributed by atoms with E-state index < -0.39 is 4.92 Å². The molecule has 2 N–H and O–H groups in total. The number of hydrogen-bond donors (Lipinski definition) is 2. The van der Waals surface area contributed by atoms with Gasteiger partial charge in [-0.15, -0.1) is 24.0 Å². The molecule has 27 heavy (non-hydrogen) atoms. The fourth-order valence-electron chi connectivity index (χ4n) is 2.53. The van der Waals surface area contributed by atoms with Crippen LogP contribution in [0.15, 0.2) is 47.5 Å². The van der Waals surface area contributed by atoms with Crippen molar-refractivity contribution in [2.75, 3.05) is 20.7 Å². The number of aryl methyl sites for hydroxylation is 1. The fourth-order valence-corrected chi connectivity index (χ4v) is 2.53. The molecule has 0 atom stereocenters. The minimum Gasteiger partial charge on any atom is -0.496 e. The van der Waals surface area contributed by atoms with Crippen molar-refractivity contribution in [2.24, 2.45) is 4.99 Å². The number of benzene rings is 2. The predicted molar refractivity (Wildman–Crippen MR) is 118 cm³/mol. The van der Waals surface area contributed by atoms with Gasteiger partial charge in [-0.1, -0.05) is 24.3 Å². The van der Waals surface area contributed by atoms with E-state index in [9.17, 15) is 10.1 Å². The van der Waals surface area contributed by atoms with Gasteiger partial charge in [0.05, 0.1) is 12.0 Å². The minimum atomic E-state index is -0.396. The number of rotatable bonds is 7. The van der Waals surface area contributed by atoms with Gasteiger partial charge in [0.25, 0.3) is 5.69 Å². The maximum Gasteiger partial charge on any atom is 0.269 e. The van der Waals surface area contributed by atoms with Crippen molar-refractivity contribution < 1.29 is 9.66 Å². The third-order valence-electron chi connectivity index (χ3n) is 3.98. The van der Waals surface area contributed by atoms with Gasteiger partial charge in [-0.3, -0.25) is 15.1 Å². The first-order valence-electron chi connectivity index (χ1n) is 8.35. The van der Waals surface area contributed by atoms with Crippen molar-refractivity contribution in [2.45, 2.75) is 19.9 Å². The summed E-state index contributed by atoms with van der Waals surface area (Å²) < 4.78 is 5.34. The van der Waals surface area contributed by atoms with Crippen LogP contribution in [-0.4, -0.2) is 31.6 Å². The van der Waals surface area contributed by atoms with Crippen LogP contribution in [0.1, 0.15) is 16.7 Å². The van der Waals surface area contributed by atoms with Gasteiger partial charge >= 0.3 is 0 Å². The van der Waals surface area contributed by atoms with E-state index >= 15 is 0 Å². The molecule has 0 aliphatic rings. The van der Waals surface area contributed by atoms with Crippen molar-refractivity contribution >= 4 is 35.6 Å². The Balaban J connectivity index is 0.00000364. The van der Waals surface area contributed by atoms with Crippen molar-refractivity contribution in [3.8, 4) is 5.75 Å². The van der Waals surface area contributed by atoms with Crippen molar-refractivity contribution in [3.05, 3.63) is 69.3 Å². The quantitative estimate of drug-likeness (QED) is 0.207. The van der Waals surface area contributed by atoms with Gasteiger partial charge in [0, 0.05) is 32.3 Å². The van der Waals surface area contributed by atoms with Crippen LogP contribution < -0.4 is 15.4 Å². The molecule has 0 aliphatic heterocycles. The Bertz CT molecular complexity index is 796. The summed E-state index contributed by atoms with van der Waals surface area (Å²) in [6.45, 7) is 3.18. The second-order valence-corrected chi connectivity index (χ2v) is 5.83. The third-order valence-corrected chi connectivity index (χ3v) is 3.98. The smallest absolute Gasteiger partial charge is 0.269 e. The third kappa shape index (κ3) is 7.05. The van der Waals surface area contributed by atoms with Gasteiger partial charge in [0.15, 0.2) is 5.96 Å². The lowest BCUT2D eigenvalue weighted by atomic mass is 10.1. The average Bonchev–Trinajstić information content (AvgIpc) is 2.65. The van der Waals surface area contributed by atoms with Gasteiger partial charge in [-0.2, -0.15) is 0 Å². The SMILES string of the molecule is CN=C(NCCc1ccc(C)c(OC)c1)NCc1cccc([N+](=O)[O-])c1.I. The van der Waals surface area contributed by atoms with Crippen LogP contribution in [0.25, 0.3) is 0 Å². The molecule has 2 aromatic rings. The van der Waals surface area contributed by atoms with Crippen LogP contribution in [0.3, 0.4) is 0 Å². The zero-order chi connectivity index (χ0) is 18.9. The molecule has 0 bridgehead atoms. The summed E-state index contributed by atoms with van der Waals surface area (Å²) in [5, 5.41) is 17.2. The molecular weight excluding hydrogens is 459 g/mol. The lowest BCUT2D eigenvalue weighted by molar-refractivity contribution is -0.384. The highest BCUT2D eigenvalue weighted by Gasteiger charge is 2.06. The number of halogens is 1. The van der Waals surface area contributed by atoms with E-state index in [1.54, 1.807) is 26.3 Å². The molecule has 0 saturated heterocycles. The molecule has 146 valence electrons. The maximum absolute atomic E-state index is 10.8. The fraction of sp³-hybridized carbons (Fsp3) is 0.316. The van der Waals surface area contributed by atoms with Crippen LogP contribution in [0, 0.1) is 17.0 Å². The molecule has 0 unspecified atom stereocenters. The molecule has 0 saturated carbocycles. The Morgan fingerprint density at radius 2 is 1.96 bits per heavy atom. The lowest BCUT2D eigenvalue weighted by Crippen LogP contribution is -2.37. The van der Waals surface area contributed by atoms with Crippen molar-refractivity contribution in [3.63, 3.8) is 0 Å². The first-order valence-corrected chi connectivity index (χ1v) is 8.35. The monoisotopic (exact) mass is 484 g/mol. The summed E-state index contributed by atoms with van der Waals surface area (Å²) in [7, 11) is 3.36. The molecule has 0 aliphatic carbocycles. The molecule has 0 spiro atoms. The molecule has 0 heterocycles. The van der Waals surface area contributed by atoms with E-state index in [0.717, 1.165) is 23.3 Å². The molecule has 2 rings (SSSR count). The zero-order valence-corrected chi connectivity index (χ0v) is 18.0. The van der Waals surface area contributed by atoms with Crippen molar-refractivity contribution in [1.29, 1.82) is 0 Å². The number of ether oxygens (including phenoxy) is 1. The lowest BCUT2D eigenvalue weighted by Gasteiger charge is -2.12. The number of non-ortho nitro benzene ring substituents is 1. The first kappa shape index (κ1) is 22.7. The number of hydrogen-bond acceptors (Lipinski definition) is 4. The van der Waals surface area contributed by atoms with E-state index in [2.05, 4.69) is 21.7 Å². The maximum atomic E-state index is 10.8. The predicted octanol–water partition coefficient (Wildman–Crippen LogP) is 3.44. The molecule has 0 radical (unpaired) electrons. The second-order valence-electron chi connectivity index (χ2n) is 5.83. The molecule has 2 aromatic carbocycles. The number of nitro benzene ring substituents is 1. The number of nitrogens with zero attached hydrogens (tertiary/aromatic N) is 2. The van der Waals surface area contributed by atoms with E-state index in [1.807, 2.05) is 25.1 Å². The molecule has 7 nitrogen and oxygen atoms in total. The zero-order valence-electron chi connectivity index (χ0n) is 15.7. The van der Waals surface area contributed by atoms with Crippen LogP contribution in [-0.2, 0) is 13.0 Å². The number of aliphatic imine (C=N–C) groups is 1. The highest BCUT2D eigenvalue weighted by Crippen LogP contribution is 2.19. The Labute approximate surface area is 176 Å². The highest BCUT2D eigenvalue weighted by molar-refractivity contribution is 14.0. The second kappa shape index (κ2) is 11.4. The highest BCUT2D eigenvalue weighted by atomic mass is 127. The standard InChI is InChI=1S/C19H24N4O3.HI/c1-14-7-8-15(12-18(14)26-3)9-10-21-19(20-2)22-13-16-5-4-6-17(11-16)23(24)25;/h4-8,11-12H,9-10,13H2,1-3H3,(H2,20,21,22);1H. The van der Waals surface area contributed by atoms with Crippen LogP contribution in [0.2, 0.25) is 0 Å². The summed E-state index contributed by atoms with van der Waals surface area (Å²) >= 11 is 0. The van der Waals surface area contributed by atoms with E-state index in [1.165, 1.54) is 11.6 Å². The van der Waals surface area contributed by atoms with Crippen LogP contribution >= 0.6 is 24.0 Å². The minimum absolute atomic E-state index is 0. The Morgan fingerprint density at radius 1 is 1.19 bits per heavy atom. The van der Waals surface area contributed by atoms with Gasteiger partial charge in [-0.25, -0.2) is 0 Å². The Hall–Kier alpha value is -2.36. The molecule has 0 fully saturated rings. The summed E-state index contributed by atoms with van der Waals surface area (Å²) in [4.78, 5) is 14.6. The normalized spacial score (nSPS) is 10.7. The molecular formula is C19H25IN4O3. The largest absolute Gasteiger partial charge is 0.496 e. The Morgan fingerprint density at radius 3 is 2.63 bits per heavy atom. The molecule has 0 amide bonds. The van der Waals surface area contributed by atoms with E-state index in [-0.39, 0.29) is 29.7 Å². The summed E-state index contributed by atoms with van der Waals surface area (Å²) in [6, 6.07) is 12.7. The number of guanidine groups is 1. The van der Waals surface area contributed by atoms with Crippen LogP contribution in [0.4, 0.5) is 5.69 Å². The first-order chi connectivity index (χ1) is 12.5. The van der Waals surface area contributed by atoms with Gasteiger partial charge in [0.2, 0.25) is 0 Å². The summed E-state index contributed by atoms with van der Waals surface area (Å²) in [5.74, 6) is 1.53. The summed E-state index contributed by atoms with van der Waals surface area (Å²) in [6.07, 6.45) is 0.828. The van der Waals surface area contributed by atoms with Gasteiger partial charge < -0.3 is 15.4 Å². The molecule has 0 aromatic heterocycles. The van der Waals surface area contributed by atoms with Crippen LogP contribution in [0.5, 0.6) is 5.75 Å². The topological polar surface area (TPSA) is 88.8 Å². The van der Waals surface area contributed by atoms with E-state index in [4.69, 9.17) is 4.74 Å². The molecule has 8 heteroatoms. The van der Waals surface area contributed by atoms with Gasteiger partial charge in [0.1, 0.15) is 5.75 Å². The average molecular weight is 484 g/mol. The summed E-state index contributed by atoms with van der Waals surface area (Å²) in [5.41, 5.74) is 3.19. The Kier molecular flexibility index (Phi) is 9.55. The number of nitro groups is 1. The number of nitrogens with one attached hydrogen (secondary N) is 2.